The first-order valence-corrected chi connectivity index (χ1v) is 7.12. The van der Waals surface area contributed by atoms with Crippen molar-refractivity contribution in [2.75, 3.05) is 17.7 Å². The van der Waals surface area contributed by atoms with Crippen molar-refractivity contribution in [1.82, 2.24) is 19.6 Å². The maximum absolute atomic E-state index is 12.9. The molecule has 25 heavy (non-hydrogen) atoms. The van der Waals surface area contributed by atoms with Crippen LogP contribution in [-0.2, 0) is 6.18 Å². The van der Waals surface area contributed by atoms with E-state index in [0.717, 1.165) is 0 Å². The van der Waals surface area contributed by atoms with Gasteiger partial charge in [0.15, 0.2) is 0 Å². The summed E-state index contributed by atoms with van der Waals surface area (Å²) >= 11 is 0. The number of hydrogen-bond donors (Lipinski definition) is 2. The normalized spacial score (nSPS) is 11.4. The molecule has 0 aliphatic rings. The first kappa shape index (κ1) is 16.5. The van der Waals surface area contributed by atoms with E-state index in [1.54, 1.807) is 25.1 Å². The summed E-state index contributed by atoms with van der Waals surface area (Å²) in [6, 6.07) is 7.05. The third kappa shape index (κ3) is 2.91. The number of anilines is 3. The molecular formula is C15H12F3N7. The topological polar surface area (TPSA) is 90.9 Å². The lowest BCUT2D eigenvalue weighted by Gasteiger charge is -2.12. The van der Waals surface area contributed by atoms with Crippen molar-refractivity contribution >= 4 is 23.0 Å². The highest BCUT2D eigenvalue weighted by atomic mass is 19.4. The first-order valence-electron chi connectivity index (χ1n) is 7.12. The third-order valence-corrected chi connectivity index (χ3v) is 3.51. The molecule has 2 N–H and O–H groups in total. The van der Waals surface area contributed by atoms with Crippen molar-refractivity contribution in [2.45, 2.75) is 13.1 Å². The largest absolute Gasteiger partial charge is 0.421 e. The molecular weight excluding hydrogens is 335 g/mol. The lowest BCUT2D eigenvalue weighted by molar-refractivity contribution is -0.137. The summed E-state index contributed by atoms with van der Waals surface area (Å²) in [5.41, 5.74) is 1.03. The SMILES string of the molecule is CNc1nc(Nc2c(C)nn3c(C#N)cccc23)ncc1C(F)(F)F. The van der Waals surface area contributed by atoms with Crippen molar-refractivity contribution < 1.29 is 13.2 Å². The highest BCUT2D eigenvalue weighted by Gasteiger charge is 2.35. The van der Waals surface area contributed by atoms with Crippen molar-refractivity contribution in [1.29, 1.82) is 5.26 Å². The number of rotatable bonds is 3. The van der Waals surface area contributed by atoms with E-state index in [4.69, 9.17) is 5.26 Å². The molecule has 0 radical (unpaired) electrons. The van der Waals surface area contributed by atoms with Gasteiger partial charge in [-0.15, -0.1) is 0 Å². The van der Waals surface area contributed by atoms with Crippen molar-refractivity contribution in [3.8, 4) is 6.07 Å². The minimum atomic E-state index is -4.56. The quantitative estimate of drug-likeness (QED) is 0.756. The van der Waals surface area contributed by atoms with Crippen LogP contribution in [0.25, 0.3) is 5.52 Å². The second-order valence-electron chi connectivity index (χ2n) is 5.11. The molecule has 3 heterocycles. The van der Waals surface area contributed by atoms with Crippen molar-refractivity contribution in [2.24, 2.45) is 0 Å². The third-order valence-electron chi connectivity index (χ3n) is 3.51. The molecule has 0 atom stereocenters. The Morgan fingerprint density at radius 3 is 2.68 bits per heavy atom. The zero-order valence-corrected chi connectivity index (χ0v) is 13.2. The van der Waals surface area contributed by atoms with Gasteiger partial charge in [0.2, 0.25) is 5.95 Å². The molecule has 0 saturated carbocycles. The number of fused-ring (bicyclic) bond motifs is 1. The molecule has 3 aromatic heterocycles. The van der Waals surface area contributed by atoms with Gasteiger partial charge >= 0.3 is 6.18 Å². The fourth-order valence-corrected chi connectivity index (χ4v) is 2.37. The standard InChI is InChI=1S/C15H12F3N7/c1-8-12(11-5-3-4-9(6-19)25(11)24-8)22-14-21-7-10(15(16,17)18)13(20-2)23-14/h3-5,7H,1-2H3,(H2,20,21,22,23). The minimum Gasteiger partial charge on any atom is -0.372 e. The Bertz CT molecular complexity index is 985. The van der Waals surface area contributed by atoms with E-state index in [-0.39, 0.29) is 11.8 Å². The minimum absolute atomic E-state index is 0.0160. The molecule has 0 saturated heterocycles. The number of nitriles is 1. The number of aromatic nitrogens is 4. The van der Waals surface area contributed by atoms with Crippen LogP contribution in [0.2, 0.25) is 0 Å². The van der Waals surface area contributed by atoms with Gasteiger partial charge in [0.1, 0.15) is 23.1 Å². The van der Waals surface area contributed by atoms with Crippen LogP contribution < -0.4 is 10.6 Å². The van der Waals surface area contributed by atoms with E-state index in [9.17, 15) is 13.2 Å². The average molecular weight is 347 g/mol. The van der Waals surface area contributed by atoms with Crippen LogP contribution in [0.3, 0.4) is 0 Å². The number of nitrogens with zero attached hydrogens (tertiary/aromatic N) is 5. The van der Waals surface area contributed by atoms with Crippen LogP contribution in [-0.4, -0.2) is 26.6 Å². The van der Waals surface area contributed by atoms with E-state index in [1.165, 1.54) is 11.6 Å². The maximum Gasteiger partial charge on any atom is 0.421 e. The maximum atomic E-state index is 12.9. The van der Waals surface area contributed by atoms with Gasteiger partial charge in [0, 0.05) is 13.2 Å². The molecule has 0 aromatic carbocycles. The first-order chi connectivity index (χ1) is 11.8. The van der Waals surface area contributed by atoms with E-state index in [2.05, 4.69) is 25.7 Å². The fourth-order valence-electron chi connectivity index (χ4n) is 2.37. The summed E-state index contributed by atoms with van der Waals surface area (Å²) in [5.74, 6) is -0.352. The van der Waals surface area contributed by atoms with Gasteiger partial charge in [-0.3, -0.25) is 0 Å². The lowest BCUT2D eigenvalue weighted by atomic mass is 10.3. The van der Waals surface area contributed by atoms with Crippen LogP contribution >= 0.6 is 0 Å². The van der Waals surface area contributed by atoms with Gasteiger partial charge in [-0.1, -0.05) is 6.07 Å². The molecule has 0 fully saturated rings. The molecule has 0 amide bonds. The number of halogens is 3. The fraction of sp³-hybridized carbons (Fsp3) is 0.200. The number of hydrogen-bond acceptors (Lipinski definition) is 6. The van der Waals surface area contributed by atoms with Crippen LogP contribution in [0, 0.1) is 18.3 Å². The van der Waals surface area contributed by atoms with Crippen LogP contribution in [0.5, 0.6) is 0 Å². The van der Waals surface area contributed by atoms with Gasteiger partial charge in [0.05, 0.1) is 16.9 Å². The number of alkyl halides is 3. The zero-order chi connectivity index (χ0) is 18.2. The highest BCUT2D eigenvalue weighted by molar-refractivity contribution is 5.78. The monoisotopic (exact) mass is 347 g/mol. The molecule has 0 bridgehead atoms. The Morgan fingerprint density at radius 1 is 1.28 bits per heavy atom. The van der Waals surface area contributed by atoms with Crippen LogP contribution in [0.4, 0.5) is 30.6 Å². The number of aryl methyl sites for hydroxylation is 1. The second-order valence-corrected chi connectivity index (χ2v) is 5.11. The van der Waals surface area contributed by atoms with Gasteiger partial charge < -0.3 is 10.6 Å². The van der Waals surface area contributed by atoms with Crippen molar-refractivity contribution in [3.63, 3.8) is 0 Å². The predicted octanol–water partition coefficient (Wildman–Crippen LogP) is 3.11. The van der Waals surface area contributed by atoms with Crippen molar-refractivity contribution in [3.05, 3.63) is 41.3 Å². The highest BCUT2D eigenvalue weighted by Crippen LogP contribution is 2.34. The average Bonchev–Trinajstić information content (AvgIpc) is 2.89. The van der Waals surface area contributed by atoms with E-state index in [0.29, 0.717) is 28.8 Å². The Kier molecular flexibility index (Phi) is 3.92. The zero-order valence-electron chi connectivity index (χ0n) is 13.2. The Morgan fingerprint density at radius 2 is 2.04 bits per heavy atom. The Labute approximate surface area is 140 Å². The molecule has 128 valence electrons. The van der Waals surface area contributed by atoms with Gasteiger partial charge in [-0.05, 0) is 19.1 Å². The van der Waals surface area contributed by atoms with Gasteiger partial charge in [-0.2, -0.15) is 28.5 Å². The van der Waals surface area contributed by atoms with E-state index >= 15 is 0 Å². The lowest BCUT2D eigenvalue weighted by Crippen LogP contribution is -2.12. The smallest absolute Gasteiger partial charge is 0.372 e. The predicted molar refractivity (Wildman–Crippen MR) is 84.5 cm³/mol. The molecule has 7 nitrogen and oxygen atoms in total. The second kappa shape index (κ2) is 5.94. The summed E-state index contributed by atoms with van der Waals surface area (Å²) in [5, 5.41) is 18.7. The summed E-state index contributed by atoms with van der Waals surface area (Å²) < 4.78 is 40.2. The Balaban J connectivity index is 2.05. The summed E-state index contributed by atoms with van der Waals surface area (Å²) in [4.78, 5) is 7.60. The Hall–Kier alpha value is -3.35. The summed E-state index contributed by atoms with van der Waals surface area (Å²) in [6.07, 6.45) is -3.85. The molecule has 0 spiro atoms. The molecule has 0 aliphatic carbocycles. The molecule has 0 aliphatic heterocycles. The van der Waals surface area contributed by atoms with E-state index < -0.39 is 11.7 Å². The number of pyridine rings is 1. The van der Waals surface area contributed by atoms with Gasteiger partial charge in [-0.25, -0.2) is 9.50 Å². The molecule has 3 aromatic rings. The molecule has 10 heteroatoms. The molecule has 3 rings (SSSR count). The number of nitrogens with one attached hydrogen (secondary N) is 2. The van der Waals surface area contributed by atoms with Crippen LogP contribution in [0.1, 0.15) is 17.0 Å². The molecule has 0 unspecified atom stereocenters. The van der Waals surface area contributed by atoms with E-state index in [1.807, 2.05) is 6.07 Å². The van der Waals surface area contributed by atoms with Gasteiger partial charge in [0.25, 0.3) is 0 Å². The summed E-state index contributed by atoms with van der Waals surface area (Å²) in [6.45, 7) is 1.71. The van der Waals surface area contributed by atoms with Crippen LogP contribution in [0.15, 0.2) is 24.4 Å². The summed E-state index contributed by atoms with van der Waals surface area (Å²) in [7, 11) is 1.35.